The molecule has 2 aromatic rings. The van der Waals surface area contributed by atoms with Crippen LogP contribution in [0.1, 0.15) is 18.3 Å². The summed E-state index contributed by atoms with van der Waals surface area (Å²) < 4.78 is 1.75. The third kappa shape index (κ3) is 1.84. The number of hydrogen-bond donors (Lipinski definition) is 4. The summed E-state index contributed by atoms with van der Waals surface area (Å²) in [6.45, 7) is 1.98. The maximum absolute atomic E-state index is 7.69. The number of fused-ring (bicyclic) bond motifs is 1. The molecule has 0 atom stereocenters. The lowest BCUT2D eigenvalue weighted by Crippen LogP contribution is -2.31. The standard InChI is InChI=1S/C8H11N7S/c1-2-5-8-13-10-4-15(8)3-6(11-5)7(9)12-14-16/h3-4,14,16H,2H2,1H3,(H2,9,12). The summed E-state index contributed by atoms with van der Waals surface area (Å²) in [5.74, 6) is 0.139. The highest BCUT2D eigenvalue weighted by Crippen LogP contribution is 2.07. The first-order valence-corrected chi connectivity index (χ1v) is 5.14. The maximum Gasteiger partial charge on any atom is 0.182 e. The van der Waals surface area contributed by atoms with Crippen LogP contribution in [0.3, 0.4) is 0 Å². The van der Waals surface area contributed by atoms with Gasteiger partial charge in [-0.3, -0.25) is 15.2 Å². The fourth-order valence-electron chi connectivity index (χ4n) is 1.38. The molecular weight excluding hydrogens is 226 g/mol. The molecule has 0 saturated carbocycles. The van der Waals surface area contributed by atoms with Gasteiger partial charge >= 0.3 is 0 Å². The van der Waals surface area contributed by atoms with Crippen LogP contribution >= 0.6 is 12.8 Å². The van der Waals surface area contributed by atoms with Crippen LogP contribution in [0.4, 0.5) is 0 Å². The fraction of sp³-hybridized carbons (Fsp3) is 0.250. The molecule has 0 aliphatic heterocycles. The Morgan fingerprint density at radius 1 is 1.62 bits per heavy atom. The Bertz CT molecular complexity index is 520. The van der Waals surface area contributed by atoms with E-state index in [-0.39, 0.29) is 5.84 Å². The van der Waals surface area contributed by atoms with Crippen LogP contribution in [-0.4, -0.2) is 25.4 Å². The molecule has 2 aromatic heterocycles. The second kappa shape index (κ2) is 4.45. The molecule has 0 radical (unpaired) electrons. The molecule has 0 spiro atoms. The molecule has 0 unspecified atom stereocenters. The molecule has 8 heteroatoms. The van der Waals surface area contributed by atoms with Crippen LogP contribution in [0.25, 0.3) is 5.65 Å². The van der Waals surface area contributed by atoms with Gasteiger partial charge < -0.3 is 0 Å². The van der Waals surface area contributed by atoms with Gasteiger partial charge in [-0.15, -0.1) is 10.2 Å². The molecule has 84 valence electrons. The molecule has 0 fully saturated rings. The number of hydrogen-bond acceptors (Lipinski definition) is 6. The molecule has 16 heavy (non-hydrogen) atoms. The summed E-state index contributed by atoms with van der Waals surface area (Å²) >= 11 is 3.76. The van der Waals surface area contributed by atoms with Crippen LogP contribution in [0.2, 0.25) is 0 Å². The first kappa shape index (κ1) is 10.8. The minimum Gasteiger partial charge on any atom is -0.295 e. The smallest absolute Gasteiger partial charge is 0.182 e. The van der Waals surface area contributed by atoms with Crippen molar-refractivity contribution in [3.63, 3.8) is 0 Å². The lowest BCUT2D eigenvalue weighted by atomic mass is 10.3. The van der Waals surface area contributed by atoms with Crippen LogP contribution in [-0.2, 0) is 6.42 Å². The van der Waals surface area contributed by atoms with Gasteiger partial charge in [-0.25, -0.2) is 4.98 Å². The largest absolute Gasteiger partial charge is 0.295 e. The van der Waals surface area contributed by atoms with Crippen molar-refractivity contribution in [2.45, 2.75) is 13.3 Å². The molecule has 7 nitrogen and oxygen atoms in total. The quantitative estimate of drug-likeness (QED) is 0.260. The Labute approximate surface area is 97.3 Å². The van der Waals surface area contributed by atoms with Crippen molar-refractivity contribution in [2.75, 3.05) is 0 Å². The highest BCUT2D eigenvalue weighted by atomic mass is 32.1. The Hall–Kier alpha value is -1.67. The summed E-state index contributed by atoms with van der Waals surface area (Å²) in [6.07, 6.45) is 4.01. The van der Waals surface area contributed by atoms with Gasteiger partial charge in [-0.05, 0) is 6.42 Å². The zero-order valence-electron chi connectivity index (χ0n) is 8.60. The number of hydrazine groups is 1. The van der Waals surface area contributed by atoms with Crippen LogP contribution in [0.15, 0.2) is 12.5 Å². The van der Waals surface area contributed by atoms with Crippen molar-refractivity contribution in [3.8, 4) is 0 Å². The molecule has 0 aliphatic carbocycles. The van der Waals surface area contributed by atoms with Crippen LogP contribution < -0.4 is 10.3 Å². The fourth-order valence-corrected chi connectivity index (χ4v) is 1.49. The van der Waals surface area contributed by atoms with Gasteiger partial charge in [0, 0.05) is 6.20 Å². The molecule has 0 aromatic carbocycles. The SMILES string of the molecule is CCc1nc(C(=N)NNS)cn2cnnc12. The van der Waals surface area contributed by atoms with E-state index in [0.717, 1.165) is 17.8 Å². The Kier molecular flexibility index (Phi) is 3.02. The predicted molar refractivity (Wildman–Crippen MR) is 62.2 cm³/mol. The highest BCUT2D eigenvalue weighted by Gasteiger charge is 2.09. The van der Waals surface area contributed by atoms with E-state index in [1.807, 2.05) is 6.92 Å². The maximum atomic E-state index is 7.69. The lowest BCUT2D eigenvalue weighted by molar-refractivity contribution is 0.903. The first-order valence-electron chi connectivity index (χ1n) is 4.69. The van der Waals surface area contributed by atoms with Gasteiger partial charge in [0.25, 0.3) is 0 Å². The minimum atomic E-state index is 0.139. The summed E-state index contributed by atoms with van der Waals surface area (Å²) in [5.41, 5.74) is 4.58. The lowest BCUT2D eigenvalue weighted by Gasteiger charge is -2.07. The van der Waals surface area contributed by atoms with Gasteiger partial charge in [-0.1, -0.05) is 19.7 Å². The number of thiol groups is 1. The molecule has 0 bridgehead atoms. The minimum absolute atomic E-state index is 0.139. The van der Waals surface area contributed by atoms with Crippen molar-refractivity contribution in [2.24, 2.45) is 0 Å². The second-order valence-corrected chi connectivity index (χ2v) is 3.32. The van der Waals surface area contributed by atoms with E-state index in [0.29, 0.717) is 5.69 Å². The Morgan fingerprint density at radius 3 is 3.12 bits per heavy atom. The van der Waals surface area contributed by atoms with Gasteiger partial charge in [0.1, 0.15) is 12.0 Å². The van der Waals surface area contributed by atoms with Gasteiger partial charge in [-0.2, -0.15) is 4.83 Å². The number of rotatable bonds is 3. The van der Waals surface area contributed by atoms with E-state index < -0.39 is 0 Å². The van der Waals surface area contributed by atoms with Gasteiger partial charge in [0.15, 0.2) is 11.5 Å². The average Bonchev–Trinajstić information content (AvgIpc) is 2.75. The van der Waals surface area contributed by atoms with Crippen molar-refractivity contribution in [3.05, 3.63) is 23.9 Å². The third-order valence-electron chi connectivity index (χ3n) is 2.12. The molecule has 2 heterocycles. The number of aryl methyl sites for hydroxylation is 1. The molecule has 0 saturated heterocycles. The van der Waals surface area contributed by atoms with Crippen LogP contribution in [0, 0.1) is 5.41 Å². The summed E-state index contributed by atoms with van der Waals surface area (Å²) in [4.78, 5) is 6.71. The third-order valence-corrected chi connectivity index (χ3v) is 2.23. The van der Waals surface area contributed by atoms with Crippen molar-refractivity contribution in [1.29, 1.82) is 5.41 Å². The van der Waals surface area contributed by atoms with Crippen molar-refractivity contribution in [1.82, 2.24) is 29.8 Å². The Balaban J connectivity index is 2.51. The van der Waals surface area contributed by atoms with Gasteiger partial charge in [0.05, 0.1) is 5.69 Å². The highest BCUT2D eigenvalue weighted by molar-refractivity contribution is 7.78. The number of amidine groups is 1. The van der Waals surface area contributed by atoms with E-state index in [1.54, 1.807) is 16.9 Å². The van der Waals surface area contributed by atoms with E-state index in [1.165, 1.54) is 0 Å². The second-order valence-electron chi connectivity index (χ2n) is 3.10. The zero-order chi connectivity index (χ0) is 11.5. The topological polar surface area (TPSA) is 91.0 Å². The summed E-state index contributed by atoms with van der Waals surface area (Å²) in [6, 6.07) is 0. The molecule has 2 rings (SSSR count). The zero-order valence-corrected chi connectivity index (χ0v) is 9.49. The predicted octanol–water partition coefficient (Wildman–Crippen LogP) is -0.0489. The molecule has 0 amide bonds. The van der Waals surface area contributed by atoms with E-state index in [2.05, 4.69) is 38.3 Å². The monoisotopic (exact) mass is 237 g/mol. The van der Waals surface area contributed by atoms with E-state index in [4.69, 9.17) is 5.41 Å². The van der Waals surface area contributed by atoms with Crippen LogP contribution in [0.5, 0.6) is 0 Å². The van der Waals surface area contributed by atoms with Crippen molar-refractivity contribution < 1.29 is 0 Å². The summed E-state index contributed by atoms with van der Waals surface area (Å²) in [7, 11) is 0. The van der Waals surface area contributed by atoms with E-state index in [9.17, 15) is 0 Å². The van der Waals surface area contributed by atoms with Crippen molar-refractivity contribution >= 4 is 24.3 Å². The normalized spacial score (nSPS) is 10.6. The molecule has 0 aliphatic rings. The average molecular weight is 237 g/mol. The van der Waals surface area contributed by atoms with E-state index >= 15 is 0 Å². The number of aromatic nitrogens is 4. The van der Waals surface area contributed by atoms with Gasteiger partial charge in [0.2, 0.25) is 0 Å². The Morgan fingerprint density at radius 2 is 2.44 bits per heavy atom. The number of nitrogens with one attached hydrogen (secondary N) is 3. The first-order chi connectivity index (χ1) is 7.76. The number of nitrogens with zero attached hydrogens (tertiary/aromatic N) is 4. The summed E-state index contributed by atoms with van der Waals surface area (Å²) in [5, 5.41) is 15.5. The molecule has 3 N–H and O–H groups in total. The molecular formula is C8H11N7S.